The molecular weight excluding hydrogens is 260 g/mol. The average Bonchev–Trinajstić information content (AvgIpc) is 2.39. The quantitative estimate of drug-likeness (QED) is 0.776. The molecule has 0 aromatic rings. The predicted octanol–water partition coefficient (Wildman–Crippen LogP) is 1.92. The van der Waals surface area contributed by atoms with Gasteiger partial charge in [0.15, 0.2) is 0 Å². The van der Waals surface area contributed by atoms with Gasteiger partial charge >= 0.3 is 0 Å². The van der Waals surface area contributed by atoms with Gasteiger partial charge in [-0.1, -0.05) is 6.42 Å². The van der Waals surface area contributed by atoms with Crippen molar-refractivity contribution in [3.8, 4) is 0 Å². The van der Waals surface area contributed by atoms with Crippen molar-refractivity contribution in [2.45, 2.75) is 44.9 Å². The first-order chi connectivity index (χ1) is 9.05. The SMILES string of the molecule is CS(=O)(=O)N1CCC(CCCN2CCCCC2)CC1. The zero-order chi connectivity index (χ0) is 13.7. The van der Waals surface area contributed by atoms with E-state index in [0.717, 1.165) is 31.8 Å². The van der Waals surface area contributed by atoms with Crippen molar-refractivity contribution in [3.05, 3.63) is 0 Å². The van der Waals surface area contributed by atoms with Gasteiger partial charge in [0.25, 0.3) is 0 Å². The third kappa shape index (κ3) is 5.04. The van der Waals surface area contributed by atoms with Crippen LogP contribution in [0.2, 0.25) is 0 Å². The Morgan fingerprint density at radius 2 is 1.63 bits per heavy atom. The maximum atomic E-state index is 11.4. The fourth-order valence-electron chi connectivity index (χ4n) is 3.32. The third-order valence-electron chi connectivity index (χ3n) is 4.58. The highest BCUT2D eigenvalue weighted by molar-refractivity contribution is 7.88. The number of piperidine rings is 2. The van der Waals surface area contributed by atoms with Gasteiger partial charge in [0.05, 0.1) is 6.26 Å². The summed E-state index contributed by atoms with van der Waals surface area (Å²) in [6.07, 6.45) is 10.1. The molecule has 2 fully saturated rings. The summed E-state index contributed by atoms with van der Waals surface area (Å²) >= 11 is 0. The number of nitrogens with zero attached hydrogens (tertiary/aromatic N) is 2. The summed E-state index contributed by atoms with van der Waals surface area (Å²) in [7, 11) is -2.96. The van der Waals surface area contributed by atoms with Crippen LogP contribution >= 0.6 is 0 Å². The van der Waals surface area contributed by atoms with E-state index in [2.05, 4.69) is 4.90 Å². The maximum Gasteiger partial charge on any atom is 0.211 e. The molecule has 2 saturated heterocycles. The topological polar surface area (TPSA) is 40.6 Å². The molecule has 0 unspecified atom stereocenters. The summed E-state index contributed by atoms with van der Waals surface area (Å²) in [4.78, 5) is 2.59. The highest BCUT2D eigenvalue weighted by Crippen LogP contribution is 2.23. The van der Waals surface area contributed by atoms with Gasteiger partial charge in [-0.25, -0.2) is 12.7 Å². The first-order valence-electron chi connectivity index (χ1n) is 7.73. The largest absolute Gasteiger partial charge is 0.303 e. The molecule has 2 heterocycles. The van der Waals surface area contributed by atoms with E-state index < -0.39 is 10.0 Å². The second-order valence-corrected chi connectivity index (χ2v) is 8.13. The number of hydrogen-bond donors (Lipinski definition) is 0. The molecule has 0 amide bonds. The molecule has 2 aliphatic rings. The van der Waals surface area contributed by atoms with E-state index in [0.29, 0.717) is 0 Å². The van der Waals surface area contributed by atoms with Crippen LogP contribution in [0.25, 0.3) is 0 Å². The summed E-state index contributed by atoms with van der Waals surface area (Å²) in [5.41, 5.74) is 0. The molecule has 0 radical (unpaired) electrons. The minimum atomic E-state index is -2.96. The van der Waals surface area contributed by atoms with Crippen molar-refractivity contribution in [1.29, 1.82) is 0 Å². The minimum absolute atomic E-state index is 0.729. The van der Waals surface area contributed by atoms with Crippen LogP contribution in [0.5, 0.6) is 0 Å². The van der Waals surface area contributed by atoms with Crippen molar-refractivity contribution in [1.82, 2.24) is 9.21 Å². The van der Waals surface area contributed by atoms with Crippen molar-refractivity contribution in [2.75, 3.05) is 39.0 Å². The van der Waals surface area contributed by atoms with Crippen molar-refractivity contribution < 1.29 is 8.42 Å². The minimum Gasteiger partial charge on any atom is -0.303 e. The number of likely N-dealkylation sites (tertiary alicyclic amines) is 1. The molecular formula is C14H28N2O2S. The van der Waals surface area contributed by atoms with Gasteiger partial charge in [0, 0.05) is 13.1 Å². The summed E-state index contributed by atoms with van der Waals surface area (Å²) in [5.74, 6) is 0.739. The zero-order valence-electron chi connectivity index (χ0n) is 12.2. The molecule has 112 valence electrons. The van der Waals surface area contributed by atoms with E-state index in [1.54, 1.807) is 4.31 Å². The van der Waals surface area contributed by atoms with Crippen LogP contribution in [0, 0.1) is 5.92 Å². The summed E-state index contributed by atoms with van der Waals surface area (Å²) < 4.78 is 24.5. The van der Waals surface area contributed by atoms with Crippen LogP contribution in [0.4, 0.5) is 0 Å². The van der Waals surface area contributed by atoms with E-state index in [9.17, 15) is 8.42 Å². The standard InChI is InChI=1S/C14H28N2O2S/c1-19(17,18)16-12-7-14(8-13-16)6-5-11-15-9-3-2-4-10-15/h14H,2-13H2,1H3. The zero-order valence-corrected chi connectivity index (χ0v) is 13.0. The molecule has 0 aromatic heterocycles. The van der Waals surface area contributed by atoms with Gasteiger partial charge < -0.3 is 4.90 Å². The Hall–Kier alpha value is -0.130. The van der Waals surface area contributed by atoms with Crippen LogP contribution < -0.4 is 0 Å². The molecule has 0 N–H and O–H groups in total. The molecule has 0 aromatic carbocycles. The Labute approximate surface area is 118 Å². The van der Waals surface area contributed by atoms with E-state index in [-0.39, 0.29) is 0 Å². The second kappa shape index (κ2) is 7.04. The maximum absolute atomic E-state index is 11.4. The highest BCUT2D eigenvalue weighted by Gasteiger charge is 2.24. The van der Waals surface area contributed by atoms with Crippen LogP contribution in [0.1, 0.15) is 44.9 Å². The van der Waals surface area contributed by atoms with Crippen molar-refractivity contribution in [3.63, 3.8) is 0 Å². The molecule has 0 aliphatic carbocycles. The first kappa shape index (κ1) is 15.3. The van der Waals surface area contributed by atoms with E-state index in [1.807, 2.05) is 0 Å². The monoisotopic (exact) mass is 288 g/mol. The van der Waals surface area contributed by atoms with Gasteiger partial charge in [-0.05, 0) is 64.1 Å². The van der Waals surface area contributed by atoms with E-state index >= 15 is 0 Å². The number of hydrogen-bond acceptors (Lipinski definition) is 3. The normalized spacial score (nSPS) is 24.7. The molecule has 0 bridgehead atoms. The van der Waals surface area contributed by atoms with Crippen molar-refractivity contribution >= 4 is 10.0 Å². The van der Waals surface area contributed by atoms with Gasteiger partial charge in [-0.3, -0.25) is 0 Å². The second-order valence-electron chi connectivity index (χ2n) is 6.15. The number of sulfonamides is 1. The smallest absolute Gasteiger partial charge is 0.211 e. The Balaban J connectivity index is 1.60. The Morgan fingerprint density at radius 1 is 1.00 bits per heavy atom. The number of rotatable bonds is 5. The molecule has 2 aliphatic heterocycles. The lowest BCUT2D eigenvalue weighted by atomic mass is 9.93. The third-order valence-corrected chi connectivity index (χ3v) is 5.88. The summed E-state index contributed by atoms with van der Waals surface area (Å²) in [6, 6.07) is 0. The van der Waals surface area contributed by atoms with Crippen LogP contribution in [0.15, 0.2) is 0 Å². The van der Waals surface area contributed by atoms with Gasteiger partial charge in [0.1, 0.15) is 0 Å². The van der Waals surface area contributed by atoms with Gasteiger partial charge in [-0.15, -0.1) is 0 Å². The van der Waals surface area contributed by atoms with Crippen LogP contribution in [-0.2, 0) is 10.0 Å². The lowest BCUT2D eigenvalue weighted by Crippen LogP contribution is -2.38. The fourth-order valence-corrected chi connectivity index (χ4v) is 4.19. The Bertz CT molecular complexity index is 356. The predicted molar refractivity (Wildman–Crippen MR) is 78.7 cm³/mol. The summed E-state index contributed by atoms with van der Waals surface area (Å²) in [6.45, 7) is 5.27. The van der Waals surface area contributed by atoms with Gasteiger partial charge in [-0.2, -0.15) is 0 Å². The molecule has 0 atom stereocenters. The first-order valence-corrected chi connectivity index (χ1v) is 9.58. The molecule has 2 rings (SSSR count). The molecule has 5 heteroatoms. The molecule has 19 heavy (non-hydrogen) atoms. The van der Waals surface area contributed by atoms with E-state index in [1.165, 1.54) is 58.0 Å². The fraction of sp³-hybridized carbons (Fsp3) is 1.00. The molecule has 0 saturated carbocycles. The van der Waals surface area contributed by atoms with Gasteiger partial charge in [0.2, 0.25) is 10.0 Å². The lowest BCUT2D eigenvalue weighted by Gasteiger charge is -2.31. The van der Waals surface area contributed by atoms with Crippen LogP contribution in [-0.4, -0.2) is 56.6 Å². The molecule has 0 spiro atoms. The van der Waals surface area contributed by atoms with E-state index in [4.69, 9.17) is 0 Å². The Kier molecular flexibility index (Phi) is 5.66. The average molecular weight is 288 g/mol. The highest BCUT2D eigenvalue weighted by atomic mass is 32.2. The van der Waals surface area contributed by atoms with Crippen molar-refractivity contribution in [2.24, 2.45) is 5.92 Å². The molecule has 4 nitrogen and oxygen atoms in total. The Morgan fingerprint density at radius 3 is 2.21 bits per heavy atom. The van der Waals surface area contributed by atoms with Crippen LogP contribution in [0.3, 0.4) is 0 Å². The summed E-state index contributed by atoms with van der Waals surface area (Å²) in [5, 5.41) is 0. The lowest BCUT2D eigenvalue weighted by molar-refractivity contribution is 0.207.